The van der Waals surface area contributed by atoms with Crippen LogP contribution in [0.25, 0.3) is 0 Å². The molecule has 0 aromatic heterocycles. The molecular formula is C11H24N2O. The molecule has 0 bridgehead atoms. The highest BCUT2D eigenvalue weighted by molar-refractivity contribution is 4.84. The summed E-state index contributed by atoms with van der Waals surface area (Å²) < 4.78 is 0. The summed E-state index contributed by atoms with van der Waals surface area (Å²) in [5.41, 5.74) is 0. The number of nitrogens with one attached hydrogen (secondary N) is 1. The Morgan fingerprint density at radius 1 is 1.29 bits per heavy atom. The second-order valence-electron chi connectivity index (χ2n) is 4.86. The van der Waals surface area contributed by atoms with E-state index in [9.17, 15) is 5.11 Å². The van der Waals surface area contributed by atoms with Crippen molar-refractivity contribution in [2.24, 2.45) is 5.92 Å². The lowest BCUT2D eigenvalue weighted by molar-refractivity contribution is 0.0287. The zero-order chi connectivity index (χ0) is 10.7. The lowest BCUT2D eigenvalue weighted by Gasteiger charge is -2.41. The number of rotatable bonds is 3. The first kappa shape index (κ1) is 12.0. The summed E-state index contributed by atoms with van der Waals surface area (Å²) >= 11 is 0. The quantitative estimate of drug-likeness (QED) is 0.703. The van der Waals surface area contributed by atoms with Crippen LogP contribution in [-0.2, 0) is 0 Å². The summed E-state index contributed by atoms with van der Waals surface area (Å²) in [4.78, 5) is 2.40. The van der Waals surface area contributed by atoms with Gasteiger partial charge in [0.1, 0.15) is 0 Å². The smallest absolute Gasteiger partial charge is 0.0690 e. The zero-order valence-corrected chi connectivity index (χ0v) is 9.83. The SMILES string of the molecule is CC(C)C(O)CN1C(C)CNCC1C. The fraction of sp³-hybridized carbons (Fsp3) is 1.00. The number of hydrogen-bond acceptors (Lipinski definition) is 3. The van der Waals surface area contributed by atoms with E-state index < -0.39 is 0 Å². The highest BCUT2D eigenvalue weighted by atomic mass is 16.3. The highest BCUT2D eigenvalue weighted by Crippen LogP contribution is 2.13. The molecule has 1 rings (SSSR count). The maximum Gasteiger partial charge on any atom is 0.0690 e. The molecule has 0 spiro atoms. The molecule has 0 saturated carbocycles. The van der Waals surface area contributed by atoms with Gasteiger partial charge >= 0.3 is 0 Å². The zero-order valence-electron chi connectivity index (χ0n) is 9.83. The van der Waals surface area contributed by atoms with Crippen LogP contribution in [0.15, 0.2) is 0 Å². The molecule has 14 heavy (non-hydrogen) atoms. The van der Waals surface area contributed by atoms with Gasteiger partial charge in [0, 0.05) is 31.7 Å². The number of β-amino-alcohol motifs (C(OH)–C–C–N with tert-alkyl or cyclic N) is 1. The second-order valence-corrected chi connectivity index (χ2v) is 4.86. The van der Waals surface area contributed by atoms with Crippen molar-refractivity contribution in [3.63, 3.8) is 0 Å². The molecule has 3 atom stereocenters. The summed E-state index contributed by atoms with van der Waals surface area (Å²) in [7, 11) is 0. The highest BCUT2D eigenvalue weighted by Gasteiger charge is 2.26. The van der Waals surface area contributed by atoms with Crippen LogP contribution in [0.5, 0.6) is 0 Å². The molecule has 0 aromatic carbocycles. The normalized spacial score (nSPS) is 32.1. The monoisotopic (exact) mass is 200 g/mol. The van der Waals surface area contributed by atoms with E-state index in [0.29, 0.717) is 18.0 Å². The maximum atomic E-state index is 9.85. The van der Waals surface area contributed by atoms with Crippen LogP contribution in [0.3, 0.4) is 0 Å². The van der Waals surface area contributed by atoms with Crippen LogP contribution >= 0.6 is 0 Å². The predicted octanol–water partition coefficient (Wildman–Crippen LogP) is 0.685. The first-order valence-electron chi connectivity index (χ1n) is 5.67. The minimum atomic E-state index is -0.196. The Bertz CT molecular complexity index is 163. The van der Waals surface area contributed by atoms with Crippen LogP contribution in [0, 0.1) is 5.92 Å². The lowest BCUT2D eigenvalue weighted by Crippen LogP contribution is -2.57. The fourth-order valence-corrected chi connectivity index (χ4v) is 1.96. The van der Waals surface area contributed by atoms with Crippen molar-refractivity contribution >= 4 is 0 Å². The molecule has 3 heteroatoms. The average molecular weight is 200 g/mol. The van der Waals surface area contributed by atoms with Gasteiger partial charge in [-0.25, -0.2) is 0 Å². The Hall–Kier alpha value is -0.120. The van der Waals surface area contributed by atoms with Crippen LogP contribution < -0.4 is 5.32 Å². The van der Waals surface area contributed by atoms with Crippen molar-refractivity contribution in [2.45, 2.75) is 45.9 Å². The Morgan fingerprint density at radius 3 is 2.21 bits per heavy atom. The molecule has 84 valence electrons. The molecule has 2 N–H and O–H groups in total. The van der Waals surface area contributed by atoms with Gasteiger partial charge in [0.25, 0.3) is 0 Å². The van der Waals surface area contributed by atoms with E-state index in [-0.39, 0.29) is 6.10 Å². The van der Waals surface area contributed by atoms with E-state index in [1.54, 1.807) is 0 Å². The third-order valence-electron chi connectivity index (χ3n) is 3.18. The second kappa shape index (κ2) is 5.10. The van der Waals surface area contributed by atoms with Gasteiger partial charge in [0.05, 0.1) is 6.10 Å². The van der Waals surface area contributed by atoms with Crippen molar-refractivity contribution in [1.29, 1.82) is 0 Å². The van der Waals surface area contributed by atoms with Crippen LogP contribution in [-0.4, -0.2) is 47.8 Å². The Labute approximate surface area is 87.5 Å². The van der Waals surface area contributed by atoms with E-state index >= 15 is 0 Å². The largest absolute Gasteiger partial charge is 0.392 e. The number of nitrogens with zero attached hydrogens (tertiary/aromatic N) is 1. The molecule has 1 saturated heterocycles. The van der Waals surface area contributed by atoms with E-state index in [1.165, 1.54) is 0 Å². The van der Waals surface area contributed by atoms with Gasteiger partial charge in [-0.05, 0) is 19.8 Å². The van der Waals surface area contributed by atoms with Crippen molar-refractivity contribution < 1.29 is 5.11 Å². The molecule has 0 radical (unpaired) electrons. The number of piperazine rings is 1. The molecule has 3 nitrogen and oxygen atoms in total. The predicted molar refractivity (Wildman–Crippen MR) is 59.3 cm³/mol. The Morgan fingerprint density at radius 2 is 1.79 bits per heavy atom. The molecule has 0 aromatic rings. The van der Waals surface area contributed by atoms with Gasteiger partial charge in [-0.1, -0.05) is 13.8 Å². The standard InChI is InChI=1S/C11H24N2O/c1-8(2)11(14)7-13-9(3)5-12-6-10(13)4/h8-12,14H,5-7H2,1-4H3. The molecule has 1 fully saturated rings. The summed E-state index contributed by atoms with van der Waals surface area (Å²) in [6.07, 6.45) is -0.196. The molecule has 3 unspecified atom stereocenters. The van der Waals surface area contributed by atoms with Crippen LogP contribution in [0.1, 0.15) is 27.7 Å². The number of hydrogen-bond donors (Lipinski definition) is 2. The van der Waals surface area contributed by atoms with Gasteiger partial charge < -0.3 is 10.4 Å². The Kier molecular flexibility index (Phi) is 4.35. The summed E-state index contributed by atoms with van der Waals surface area (Å²) in [5, 5.41) is 13.2. The van der Waals surface area contributed by atoms with Gasteiger partial charge in [-0.3, -0.25) is 4.90 Å². The van der Waals surface area contributed by atoms with Crippen molar-refractivity contribution in [1.82, 2.24) is 10.2 Å². The van der Waals surface area contributed by atoms with Crippen LogP contribution in [0.4, 0.5) is 0 Å². The van der Waals surface area contributed by atoms with E-state index in [2.05, 4.69) is 37.9 Å². The van der Waals surface area contributed by atoms with E-state index in [4.69, 9.17) is 0 Å². The van der Waals surface area contributed by atoms with Gasteiger partial charge in [-0.15, -0.1) is 0 Å². The topological polar surface area (TPSA) is 35.5 Å². The van der Waals surface area contributed by atoms with Gasteiger partial charge in [0.15, 0.2) is 0 Å². The van der Waals surface area contributed by atoms with Crippen molar-refractivity contribution in [3.05, 3.63) is 0 Å². The van der Waals surface area contributed by atoms with E-state index in [1.807, 2.05) is 0 Å². The average Bonchev–Trinajstić information content (AvgIpc) is 2.11. The number of aliphatic hydroxyl groups is 1. The Balaban J connectivity index is 2.47. The minimum absolute atomic E-state index is 0.196. The fourth-order valence-electron chi connectivity index (χ4n) is 1.96. The summed E-state index contributed by atoms with van der Waals surface area (Å²) in [6.45, 7) is 11.5. The lowest BCUT2D eigenvalue weighted by atomic mass is 10.0. The third-order valence-corrected chi connectivity index (χ3v) is 3.18. The maximum absolute atomic E-state index is 9.85. The first-order valence-corrected chi connectivity index (χ1v) is 5.67. The van der Waals surface area contributed by atoms with Crippen LogP contribution in [0.2, 0.25) is 0 Å². The molecular weight excluding hydrogens is 176 g/mol. The van der Waals surface area contributed by atoms with Crippen molar-refractivity contribution in [3.8, 4) is 0 Å². The minimum Gasteiger partial charge on any atom is -0.392 e. The first-order chi connectivity index (χ1) is 6.52. The summed E-state index contributed by atoms with van der Waals surface area (Å²) in [5.74, 6) is 0.351. The summed E-state index contributed by atoms with van der Waals surface area (Å²) in [6, 6.07) is 1.07. The molecule has 1 aliphatic heterocycles. The van der Waals surface area contributed by atoms with Gasteiger partial charge in [-0.2, -0.15) is 0 Å². The third kappa shape index (κ3) is 2.94. The molecule has 0 amide bonds. The van der Waals surface area contributed by atoms with Gasteiger partial charge in [0.2, 0.25) is 0 Å². The van der Waals surface area contributed by atoms with E-state index in [0.717, 1.165) is 19.6 Å². The van der Waals surface area contributed by atoms with Crippen molar-refractivity contribution in [2.75, 3.05) is 19.6 Å². The molecule has 1 aliphatic rings. The molecule has 1 heterocycles. The number of aliphatic hydroxyl groups excluding tert-OH is 1. The molecule has 0 aliphatic carbocycles.